The molecule has 0 atom stereocenters. The summed E-state index contributed by atoms with van der Waals surface area (Å²) in [5.74, 6) is 1.77. The van der Waals surface area contributed by atoms with Crippen molar-refractivity contribution < 1.29 is 9.47 Å². The van der Waals surface area contributed by atoms with E-state index in [2.05, 4.69) is 27.6 Å². The van der Waals surface area contributed by atoms with E-state index >= 15 is 0 Å². The number of ether oxygens (including phenoxy) is 2. The second kappa shape index (κ2) is 11.8. The molecule has 0 amide bonds. The summed E-state index contributed by atoms with van der Waals surface area (Å²) in [5.41, 5.74) is 3.04. The minimum atomic E-state index is -0.229. The van der Waals surface area contributed by atoms with E-state index in [0.717, 1.165) is 21.2 Å². The van der Waals surface area contributed by atoms with Gasteiger partial charge in [0.1, 0.15) is 12.4 Å². The van der Waals surface area contributed by atoms with Crippen molar-refractivity contribution in [2.75, 3.05) is 7.11 Å². The van der Waals surface area contributed by atoms with Gasteiger partial charge in [-0.25, -0.2) is 4.98 Å². The van der Waals surface area contributed by atoms with Crippen LogP contribution in [0.25, 0.3) is 10.9 Å². The Bertz CT molecular complexity index is 1530. The van der Waals surface area contributed by atoms with Crippen LogP contribution in [-0.4, -0.2) is 23.0 Å². The summed E-state index contributed by atoms with van der Waals surface area (Å²) < 4.78 is 14.0. The van der Waals surface area contributed by atoms with Crippen LogP contribution in [0.3, 0.4) is 0 Å². The van der Waals surface area contributed by atoms with Crippen LogP contribution < -0.4 is 15.0 Å². The van der Waals surface area contributed by atoms with Crippen LogP contribution in [0, 0.1) is 0 Å². The first kappa shape index (κ1) is 26.6. The number of halogens is 2. The summed E-state index contributed by atoms with van der Waals surface area (Å²) in [6.07, 6.45) is 4.00. The Morgan fingerprint density at radius 3 is 2.59 bits per heavy atom. The molecular weight excluding hydrogens is 554 g/mol. The highest BCUT2D eigenvalue weighted by molar-refractivity contribution is 9.10. The maximum absolute atomic E-state index is 13.3. The molecule has 6 nitrogen and oxygen atoms in total. The fourth-order valence-electron chi connectivity index (χ4n) is 3.89. The molecule has 1 aromatic heterocycles. The molecular formula is C29H27BrClN3O3. The first-order valence-electron chi connectivity index (χ1n) is 11.8. The number of hydrogen-bond donors (Lipinski definition) is 0. The summed E-state index contributed by atoms with van der Waals surface area (Å²) in [6.45, 7) is 8.20. The van der Waals surface area contributed by atoms with E-state index in [-0.39, 0.29) is 11.5 Å². The van der Waals surface area contributed by atoms with E-state index in [1.54, 1.807) is 25.5 Å². The fourth-order valence-corrected chi connectivity index (χ4v) is 4.38. The van der Waals surface area contributed by atoms with Crippen molar-refractivity contribution in [2.45, 2.75) is 32.8 Å². The van der Waals surface area contributed by atoms with E-state index < -0.39 is 0 Å². The lowest BCUT2D eigenvalue weighted by atomic mass is 10.1. The van der Waals surface area contributed by atoms with Crippen molar-refractivity contribution in [1.29, 1.82) is 0 Å². The number of fused-ring (bicyclic) bond motifs is 1. The molecule has 0 aliphatic rings. The molecule has 3 aromatic carbocycles. The van der Waals surface area contributed by atoms with Crippen LogP contribution in [0.15, 0.2) is 81.6 Å². The van der Waals surface area contributed by atoms with Crippen LogP contribution >= 0.6 is 27.5 Å². The predicted octanol–water partition coefficient (Wildman–Crippen LogP) is 7.13. The van der Waals surface area contributed by atoms with Gasteiger partial charge in [0.05, 0.1) is 24.2 Å². The normalized spacial score (nSPS) is 11.4. The van der Waals surface area contributed by atoms with Gasteiger partial charge in [-0.1, -0.05) is 59.6 Å². The second-order valence-corrected chi connectivity index (χ2v) is 10.1. The Balaban J connectivity index is 1.73. The minimum Gasteiger partial charge on any atom is -0.493 e. The average molecular weight is 581 g/mol. The highest BCUT2D eigenvalue weighted by Gasteiger charge is 2.15. The lowest BCUT2D eigenvalue weighted by molar-refractivity contribution is 0.282. The third-order valence-corrected chi connectivity index (χ3v) is 6.45. The highest BCUT2D eigenvalue weighted by atomic mass is 79.9. The van der Waals surface area contributed by atoms with E-state index in [1.807, 2.05) is 62.4 Å². The Labute approximate surface area is 229 Å². The standard InChI is InChI=1S/C29H27BrClN3O3/c1-5-6-21-13-20(14-26(36-4)27(21)37-17-19-7-10-23(31)11-8-19)16-32-34-28(18(2)3)33-25-12-9-22(30)15-24(25)29(34)35/h5,7-16,18H,1,6,17H2,2-4H3. The molecule has 0 N–H and O–H groups in total. The molecule has 190 valence electrons. The van der Waals surface area contributed by atoms with Crippen molar-refractivity contribution in [3.63, 3.8) is 0 Å². The SMILES string of the molecule is C=CCc1cc(C=Nn2c(C(C)C)nc3ccc(Br)cc3c2=O)cc(OC)c1OCc1ccc(Cl)cc1. The number of allylic oxidation sites excluding steroid dienone is 1. The van der Waals surface area contributed by atoms with Gasteiger partial charge in [-0.05, 0) is 60.0 Å². The van der Waals surface area contributed by atoms with E-state index in [0.29, 0.717) is 46.3 Å². The minimum absolute atomic E-state index is 0.00703. The van der Waals surface area contributed by atoms with Gasteiger partial charge in [-0.15, -0.1) is 6.58 Å². The van der Waals surface area contributed by atoms with Crippen molar-refractivity contribution >= 4 is 44.6 Å². The number of aromatic nitrogens is 2. The first-order valence-corrected chi connectivity index (χ1v) is 12.9. The fraction of sp³-hybridized carbons (Fsp3) is 0.207. The number of methoxy groups -OCH3 is 1. The smallest absolute Gasteiger partial charge is 0.282 e. The van der Waals surface area contributed by atoms with Gasteiger partial charge in [-0.2, -0.15) is 9.78 Å². The zero-order valence-corrected chi connectivity index (χ0v) is 23.2. The van der Waals surface area contributed by atoms with Crippen molar-refractivity contribution in [2.24, 2.45) is 5.10 Å². The van der Waals surface area contributed by atoms with Gasteiger partial charge in [-0.3, -0.25) is 4.79 Å². The van der Waals surface area contributed by atoms with Crippen molar-refractivity contribution in [3.05, 3.63) is 110 Å². The summed E-state index contributed by atoms with van der Waals surface area (Å²) in [7, 11) is 1.59. The lowest BCUT2D eigenvalue weighted by Crippen LogP contribution is -2.23. The molecule has 0 saturated heterocycles. The Morgan fingerprint density at radius 2 is 1.92 bits per heavy atom. The Kier molecular flexibility index (Phi) is 8.46. The molecule has 1 heterocycles. The summed E-state index contributed by atoms with van der Waals surface area (Å²) in [5, 5.41) is 5.72. The van der Waals surface area contributed by atoms with Crippen molar-refractivity contribution in [3.8, 4) is 11.5 Å². The van der Waals surface area contributed by atoms with Crippen LogP contribution in [-0.2, 0) is 13.0 Å². The van der Waals surface area contributed by atoms with E-state index in [9.17, 15) is 4.79 Å². The molecule has 0 aliphatic heterocycles. The molecule has 8 heteroatoms. The maximum Gasteiger partial charge on any atom is 0.282 e. The molecule has 0 unspecified atom stereocenters. The third kappa shape index (κ3) is 6.12. The van der Waals surface area contributed by atoms with Crippen molar-refractivity contribution in [1.82, 2.24) is 9.66 Å². The highest BCUT2D eigenvalue weighted by Crippen LogP contribution is 2.34. The van der Waals surface area contributed by atoms with E-state index in [4.69, 9.17) is 26.1 Å². The number of rotatable bonds is 9. The monoisotopic (exact) mass is 579 g/mol. The molecule has 0 saturated carbocycles. The van der Waals surface area contributed by atoms with Gasteiger partial charge in [0.25, 0.3) is 5.56 Å². The lowest BCUT2D eigenvalue weighted by Gasteiger charge is -2.16. The molecule has 0 radical (unpaired) electrons. The topological polar surface area (TPSA) is 65.7 Å². The molecule has 0 spiro atoms. The Hall–Kier alpha value is -3.42. The third-order valence-electron chi connectivity index (χ3n) is 5.71. The zero-order valence-electron chi connectivity index (χ0n) is 20.9. The molecule has 0 bridgehead atoms. The number of benzene rings is 3. The summed E-state index contributed by atoms with van der Waals surface area (Å²) >= 11 is 9.43. The zero-order chi connectivity index (χ0) is 26.5. The van der Waals surface area contributed by atoms with Crippen LogP contribution in [0.4, 0.5) is 0 Å². The number of hydrogen-bond acceptors (Lipinski definition) is 5. The number of nitrogens with zero attached hydrogens (tertiary/aromatic N) is 3. The molecule has 4 aromatic rings. The quantitative estimate of drug-likeness (QED) is 0.156. The Morgan fingerprint density at radius 1 is 1.16 bits per heavy atom. The average Bonchev–Trinajstić information content (AvgIpc) is 2.88. The first-order chi connectivity index (χ1) is 17.8. The van der Waals surface area contributed by atoms with E-state index in [1.165, 1.54) is 4.68 Å². The van der Waals surface area contributed by atoms with Gasteiger partial charge in [0.2, 0.25) is 0 Å². The molecule has 4 rings (SSSR count). The van der Waals surface area contributed by atoms with Gasteiger partial charge in [0.15, 0.2) is 11.5 Å². The van der Waals surface area contributed by atoms with Gasteiger partial charge < -0.3 is 9.47 Å². The summed E-state index contributed by atoms with van der Waals surface area (Å²) in [6, 6.07) is 16.7. The van der Waals surface area contributed by atoms with Gasteiger partial charge in [0, 0.05) is 21.0 Å². The summed E-state index contributed by atoms with van der Waals surface area (Å²) in [4.78, 5) is 18.0. The maximum atomic E-state index is 13.3. The van der Waals surface area contributed by atoms with Crippen LogP contribution in [0.2, 0.25) is 5.02 Å². The predicted molar refractivity (Wildman–Crippen MR) is 153 cm³/mol. The molecule has 0 aliphatic carbocycles. The molecule has 0 fully saturated rings. The van der Waals surface area contributed by atoms with Crippen LogP contribution in [0.5, 0.6) is 11.5 Å². The van der Waals surface area contributed by atoms with Crippen LogP contribution in [0.1, 0.15) is 42.3 Å². The van der Waals surface area contributed by atoms with Gasteiger partial charge >= 0.3 is 0 Å². The second-order valence-electron chi connectivity index (χ2n) is 8.77. The largest absolute Gasteiger partial charge is 0.493 e. The molecule has 37 heavy (non-hydrogen) atoms.